The van der Waals surface area contributed by atoms with E-state index < -0.39 is 5.97 Å². The summed E-state index contributed by atoms with van der Waals surface area (Å²) in [6.07, 6.45) is 5.70. The van der Waals surface area contributed by atoms with Crippen LogP contribution in [0.15, 0.2) is 17.0 Å². The lowest BCUT2D eigenvalue weighted by Crippen LogP contribution is -2.40. The molecule has 1 N–H and O–H groups in total. The molecule has 2 heterocycles. The summed E-state index contributed by atoms with van der Waals surface area (Å²) in [5.74, 6) is -0.382. The Balaban J connectivity index is 2.20. The van der Waals surface area contributed by atoms with Crippen LogP contribution in [0, 0.1) is 5.92 Å². The Morgan fingerprint density at radius 2 is 2.44 bits per heavy atom. The van der Waals surface area contributed by atoms with E-state index in [1.165, 1.54) is 6.39 Å². The molecule has 5 heteroatoms. The topological polar surface area (TPSA) is 66.6 Å². The van der Waals surface area contributed by atoms with Gasteiger partial charge in [0.05, 0.1) is 12.1 Å². The Hall–Kier alpha value is -1.52. The van der Waals surface area contributed by atoms with Crippen molar-refractivity contribution in [2.75, 3.05) is 11.4 Å². The van der Waals surface area contributed by atoms with Crippen molar-refractivity contribution in [1.82, 2.24) is 4.98 Å². The van der Waals surface area contributed by atoms with Crippen LogP contribution in [0.5, 0.6) is 0 Å². The number of carboxylic acid groups (broad SMARTS) is 1. The highest BCUT2D eigenvalue weighted by molar-refractivity contribution is 5.71. The summed E-state index contributed by atoms with van der Waals surface area (Å²) in [6, 6.07) is -0.0482. The molecule has 1 aliphatic rings. The lowest BCUT2D eigenvalue weighted by molar-refractivity contribution is -0.142. The van der Waals surface area contributed by atoms with E-state index in [-0.39, 0.29) is 12.0 Å². The molecule has 0 aromatic carbocycles. The van der Waals surface area contributed by atoms with Crippen molar-refractivity contribution in [2.45, 2.75) is 32.2 Å². The quantitative estimate of drug-likeness (QED) is 0.829. The molecule has 2 atom stereocenters. The fourth-order valence-electron chi connectivity index (χ4n) is 2.30. The number of hydrogen-bond acceptors (Lipinski definition) is 4. The molecule has 2 rings (SSSR count). The minimum absolute atomic E-state index is 0.0482. The summed E-state index contributed by atoms with van der Waals surface area (Å²) in [6.45, 7) is 2.77. The summed E-state index contributed by atoms with van der Waals surface area (Å²) in [4.78, 5) is 17.0. The third kappa shape index (κ3) is 2.03. The number of rotatable bonds is 2. The van der Waals surface area contributed by atoms with Crippen LogP contribution < -0.4 is 4.90 Å². The van der Waals surface area contributed by atoms with Gasteiger partial charge in [0.25, 0.3) is 0 Å². The van der Waals surface area contributed by atoms with Gasteiger partial charge in [0.1, 0.15) is 0 Å². The number of anilines is 1. The maximum atomic E-state index is 11.2. The average Bonchev–Trinajstić information content (AvgIpc) is 2.69. The van der Waals surface area contributed by atoms with E-state index in [4.69, 9.17) is 4.42 Å². The van der Waals surface area contributed by atoms with Crippen molar-refractivity contribution in [2.24, 2.45) is 5.92 Å². The van der Waals surface area contributed by atoms with Gasteiger partial charge < -0.3 is 14.4 Å². The normalized spacial score (nSPS) is 26.4. The van der Waals surface area contributed by atoms with E-state index in [0.29, 0.717) is 5.88 Å². The fourth-order valence-corrected chi connectivity index (χ4v) is 2.30. The van der Waals surface area contributed by atoms with Crippen molar-refractivity contribution in [1.29, 1.82) is 0 Å². The molecular weight excluding hydrogens is 208 g/mol. The van der Waals surface area contributed by atoms with Crippen LogP contribution >= 0.6 is 0 Å². The zero-order valence-electron chi connectivity index (χ0n) is 9.30. The van der Waals surface area contributed by atoms with Crippen LogP contribution in [0.25, 0.3) is 0 Å². The summed E-state index contributed by atoms with van der Waals surface area (Å²) >= 11 is 0. The highest BCUT2D eigenvalue weighted by atomic mass is 16.4. The van der Waals surface area contributed by atoms with Crippen LogP contribution in [0.4, 0.5) is 5.88 Å². The molecule has 1 fully saturated rings. The second-order valence-corrected chi connectivity index (χ2v) is 4.21. The molecule has 1 aromatic rings. The van der Waals surface area contributed by atoms with Gasteiger partial charge >= 0.3 is 5.97 Å². The predicted octanol–water partition coefficient (Wildman–Crippen LogP) is 1.75. The second kappa shape index (κ2) is 4.55. The molecule has 0 saturated carbocycles. The largest absolute Gasteiger partial charge is 0.481 e. The van der Waals surface area contributed by atoms with Crippen molar-refractivity contribution < 1.29 is 14.3 Å². The maximum Gasteiger partial charge on any atom is 0.308 e. The molecule has 0 spiro atoms. The van der Waals surface area contributed by atoms with Gasteiger partial charge in [-0.25, -0.2) is 4.98 Å². The third-order valence-corrected chi connectivity index (χ3v) is 3.26. The Bertz CT molecular complexity index is 350. The van der Waals surface area contributed by atoms with Crippen molar-refractivity contribution in [3.63, 3.8) is 0 Å². The SMILES string of the molecule is C[C@@H]1[C@@H](C(=O)O)CCCCN1c1cnco1. The minimum atomic E-state index is -0.723. The van der Waals surface area contributed by atoms with Crippen molar-refractivity contribution >= 4 is 11.9 Å². The van der Waals surface area contributed by atoms with Crippen LogP contribution in [0.2, 0.25) is 0 Å². The molecule has 88 valence electrons. The first kappa shape index (κ1) is 11.0. The summed E-state index contributed by atoms with van der Waals surface area (Å²) in [7, 11) is 0. The lowest BCUT2D eigenvalue weighted by Gasteiger charge is -2.29. The monoisotopic (exact) mass is 224 g/mol. The van der Waals surface area contributed by atoms with Crippen molar-refractivity contribution in [3.05, 3.63) is 12.6 Å². The van der Waals surface area contributed by atoms with Gasteiger partial charge in [-0.1, -0.05) is 6.42 Å². The molecule has 1 aliphatic heterocycles. The molecule has 0 amide bonds. The van der Waals surface area contributed by atoms with Gasteiger partial charge in [0.2, 0.25) is 5.88 Å². The molecule has 5 nitrogen and oxygen atoms in total. The summed E-state index contributed by atoms with van der Waals surface area (Å²) in [5.41, 5.74) is 0. The molecular formula is C11H16N2O3. The Morgan fingerprint density at radius 1 is 1.62 bits per heavy atom. The van der Waals surface area contributed by atoms with Gasteiger partial charge in [-0.3, -0.25) is 4.79 Å². The highest BCUT2D eigenvalue weighted by Crippen LogP contribution is 2.27. The number of carboxylic acids is 1. The van der Waals surface area contributed by atoms with Gasteiger partial charge in [-0.15, -0.1) is 0 Å². The van der Waals surface area contributed by atoms with Gasteiger partial charge in [-0.2, -0.15) is 0 Å². The number of nitrogens with zero attached hydrogens (tertiary/aromatic N) is 2. The highest BCUT2D eigenvalue weighted by Gasteiger charge is 2.32. The average molecular weight is 224 g/mol. The zero-order valence-corrected chi connectivity index (χ0v) is 9.30. The first-order valence-corrected chi connectivity index (χ1v) is 5.58. The summed E-state index contributed by atoms with van der Waals surface area (Å²) in [5, 5.41) is 9.18. The molecule has 0 unspecified atom stereocenters. The third-order valence-electron chi connectivity index (χ3n) is 3.26. The lowest BCUT2D eigenvalue weighted by atomic mass is 9.96. The van der Waals surface area contributed by atoms with Crippen LogP contribution in [0.1, 0.15) is 26.2 Å². The first-order chi connectivity index (χ1) is 7.70. The van der Waals surface area contributed by atoms with E-state index >= 15 is 0 Å². The number of oxazole rings is 1. The number of aliphatic carboxylic acids is 1. The number of hydrogen-bond donors (Lipinski definition) is 1. The Kier molecular flexibility index (Phi) is 3.12. The minimum Gasteiger partial charge on any atom is -0.481 e. The smallest absolute Gasteiger partial charge is 0.308 e. The van der Waals surface area contributed by atoms with Gasteiger partial charge in [0, 0.05) is 12.6 Å². The Morgan fingerprint density at radius 3 is 3.06 bits per heavy atom. The first-order valence-electron chi connectivity index (χ1n) is 5.58. The van der Waals surface area contributed by atoms with Crippen molar-refractivity contribution in [3.8, 4) is 0 Å². The van der Waals surface area contributed by atoms with Gasteiger partial charge in [-0.05, 0) is 19.8 Å². The van der Waals surface area contributed by atoms with E-state index in [0.717, 1.165) is 25.8 Å². The van der Waals surface area contributed by atoms with E-state index in [9.17, 15) is 9.90 Å². The molecule has 1 aromatic heterocycles. The standard InChI is InChI=1S/C11H16N2O3/c1-8-9(11(14)15)4-2-3-5-13(8)10-6-12-7-16-10/h6-9H,2-5H2,1H3,(H,14,15)/t8-,9+/m1/s1. The maximum absolute atomic E-state index is 11.2. The Labute approximate surface area is 94.1 Å². The predicted molar refractivity (Wildman–Crippen MR) is 58.3 cm³/mol. The van der Waals surface area contributed by atoms with Crippen LogP contribution in [-0.4, -0.2) is 28.6 Å². The molecule has 0 aliphatic carbocycles. The number of carbonyl (C=O) groups is 1. The van der Waals surface area contributed by atoms with E-state index in [1.807, 2.05) is 11.8 Å². The van der Waals surface area contributed by atoms with Gasteiger partial charge in [0.15, 0.2) is 6.39 Å². The van der Waals surface area contributed by atoms with Crippen LogP contribution in [0.3, 0.4) is 0 Å². The van der Waals surface area contributed by atoms with Crippen LogP contribution in [-0.2, 0) is 4.79 Å². The van der Waals surface area contributed by atoms with E-state index in [1.54, 1.807) is 6.20 Å². The molecule has 0 bridgehead atoms. The molecule has 1 saturated heterocycles. The molecule has 16 heavy (non-hydrogen) atoms. The summed E-state index contributed by atoms with van der Waals surface area (Å²) < 4.78 is 5.25. The van der Waals surface area contributed by atoms with E-state index in [2.05, 4.69) is 4.98 Å². The second-order valence-electron chi connectivity index (χ2n) is 4.21. The molecule has 0 radical (unpaired) electrons. The zero-order chi connectivity index (χ0) is 11.5. The number of aromatic nitrogens is 1. The fraction of sp³-hybridized carbons (Fsp3) is 0.636.